The molecule has 2 rings (SSSR count). The van der Waals surface area contributed by atoms with Gasteiger partial charge >= 0.3 is 0 Å². The zero-order valence-corrected chi connectivity index (χ0v) is 10.2. The Morgan fingerprint density at radius 2 is 1.84 bits per heavy atom. The summed E-state index contributed by atoms with van der Waals surface area (Å²) in [6, 6.07) is 12.1. The van der Waals surface area contributed by atoms with E-state index in [2.05, 4.69) is 5.32 Å². The van der Waals surface area contributed by atoms with Crippen molar-refractivity contribution in [2.75, 3.05) is 0 Å². The van der Waals surface area contributed by atoms with Crippen LogP contribution in [0.4, 0.5) is 8.78 Å². The SMILES string of the molecule is O=C(Cc1cccc(F)c1)NCc1ccccc1F. The van der Waals surface area contributed by atoms with Gasteiger partial charge in [0.1, 0.15) is 11.6 Å². The first-order valence-electron chi connectivity index (χ1n) is 5.90. The van der Waals surface area contributed by atoms with Crippen LogP contribution < -0.4 is 5.32 Å². The molecule has 4 heteroatoms. The Hall–Kier alpha value is -2.23. The molecule has 0 aliphatic rings. The van der Waals surface area contributed by atoms with E-state index in [1.807, 2.05) is 0 Å². The Labute approximate surface area is 110 Å². The summed E-state index contributed by atoms with van der Waals surface area (Å²) < 4.78 is 26.3. The summed E-state index contributed by atoms with van der Waals surface area (Å²) in [6.45, 7) is 0.126. The molecule has 0 aromatic heterocycles. The number of carbonyl (C=O) groups is 1. The quantitative estimate of drug-likeness (QED) is 0.901. The molecule has 1 N–H and O–H groups in total. The van der Waals surface area contributed by atoms with E-state index >= 15 is 0 Å². The third-order valence-corrected chi connectivity index (χ3v) is 2.69. The van der Waals surface area contributed by atoms with Crippen molar-refractivity contribution in [3.8, 4) is 0 Å². The molecular weight excluding hydrogens is 248 g/mol. The van der Waals surface area contributed by atoms with Crippen molar-refractivity contribution >= 4 is 5.91 Å². The molecule has 0 saturated heterocycles. The Morgan fingerprint density at radius 1 is 1.05 bits per heavy atom. The Kier molecular flexibility index (Phi) is 4.23. The maximum atomic E-state index is 13.3. The van der Waals surface area contributed by atoms with Crippen molar-refractivity contribution in [3.05, 3.63) is 71.3 Å². The lowest BCUT2D eigenvalue weighted by Gasteiger charge is -2.06. The topological polar surface area (TPSA) is 29.1 Å². The first-order chi connectivity index (χ1) is 9.15. The summed E-state index contributed by atoms with van der Waals surface area (Å²) in [4.78, 5) is 11.7. The fourth-order valence-corrected chi connectivity index (χ4v) is 1.73. The van der Waals surface area contributed by atoms with E-state index in [9.17, 15) is 13.6 Å². The molecule has 0 spiro atoms. The molecular formula is C15H13F2NO. The summed E-state index contributed by atoms with van der Waals surface area (Å²) in [5.74, 6) is -0.998. The maximum absolute atomic E-state index is 13.3. The molecule has 0 fully saturated rings. The van der Waals surface area contributed by atoms with Gasteiger partial charge in [-0.05, 0) is 23.8 Å². The van der Waals surface area contributed by atoms with Gasteiger partial charge in [0.2, 0.25) is 5.91 Å². The predicted molar refractivity (Wildman–Crippen MR) is 68.4 cm³/mol. The van der Waals surface area contributed by atoms with Crippen molar-refractivity contribution in [2.24, 2.45) is 0 Å². The van der Waals surface area contributed by atoms with E-state index in [0.29, 0.717) is 11.1 Å². The van der Waals surface area contributed by atoms with E-state index in [0.717, 1.165) is 0 Å². The zero-order valence-electron chi connectivity index (χ0n) is 10.2. The molecule has 0 saturated carbocycles. The number of rotatable bonds is 4. The van der Waals surface area contributed by atoms with Gasteiger partial charge in [-0.2, -0.15) is 0 Å². The Balaban J connectivity index is 1.90. The minimum absolute atomic E-state index is 0.0756. The summed E-state index contributed by atoms with van der Waals surface area (Å²) in [5.41, 5.74) is 1.01. The van der Waals surface area contributed by atoms with Gasteiger partial charge in [0.05, 0.1) is 6.42 Å². The number of benzene rings is 2. The first kappa shape index (κ1) is 13.2. The van der Waals surface area contributed by atoms with Crippen LogP contribution in [0.5, 0.6) is 0 Å². The minimum Gasteiger partial charge on any atom is -0.352 e. The summed E-state index contributed by atoms with van der Waals surface area (Å²) in [6.07, 6.45) is 0.0756. The first-order valence-corrected chi connectivity index (χ1v) is 5.90. The van der Waals surface area contributed by atoms with Crippen molar-refractivity contribution in [3.63, 3.8) is 0 Å². The molecule has 0 aliphatic heterocycles. The summed E-state index contributed by atoms with van der Waals surface area (Å²) in [5, 5.41) is 2.61. The van der Waals surface area contributed by atoms with Crippen LogP contribution in [0.25, 0.3) is 0 Å². The molecule has 0 bridgehead atoms. The molecule has 0 radical (unpaired) electrons. The van der Waals surface area contributed by atoms with Crippen LogP contribution in [0.3, 0.4) is 0 Å². The van der Waals surface area contributed by atoms with E-state index in [-0.39, 0.29) is 30.5 Å². The highest BCUT2D eigenvalue weighted by Gasteiger charge is 2.06. The van der Waals surface area contributed by atoms with Gasteiger partial charge in [-0.25, -0.2) is 8.78 Å². The van der Waals surface area contributed by atoms with Crippen LogP contribution in [-0.4, -0.2) is 5.91 Å². The number of hydrogen-bond acceptors (Lipinski definition) is 1. The summed E-state index contributed by atoms with van der Waals surface area (Å²) in [7, 11) is 0. The van der Waals surface area contributed by atoms with Gasteiger partial charge in [0.15, 0.2) is 0 Å². The Bertz CT molecular complexity index is 584. The van der Waals surface area contributed by atoms with Gasteiger partial charge in [0, 0.05) is 12.1 Å². The van der Waals surface area contributed by atoms with Gasteiger partial charge < -0.3 is 5.32 Å². The number of hydrogen-bond donors (Lipinski definition) is 1. The van der Waals surface area contributed by atoms with E-state index in [4.69, 9.17) is 0 Å². The highest BCUT2D eigenvalue weighted by molar-refractivity contribution is 5.78. The van der Waals surface area contributed by atoms with Gasteiger partial charge in [-0.3, -0.25) is 4.79 Å². The van der Waals surface area contributed by atoms with E-state index in [1.165, 1.54) is 18.2 Å². The smallest absolute Gasteiger partial charge is 0.224 e. The number of carbonyl (C=O) groups excluding carboxylic acids is 1. The highest BCUT2D eigenvalue weighted by Crippen LogP contribution is 2.07. The second-order valence-corrected chi connectivity index (χ2v) is 4.17. The molecule has 19 heavy (non-hydrogen) atoms. The second kappa shape index (κ2) is 6.09. The van der Waals surface area contributed by atoms with Crippen LogP contribution in [-0.2, 0) is 17.8 Å². The molecule has 2 aromatic rings. The van der Waals surface area contributed by atoms with Crippen LogP contribution in [0, 0.1) is 11.6 Å². The van der Waals surface area contributed by atoms with Crippen LogP contribution in [0.2, 0.25) is 0 Å². The average Bonchev–Trinajstić information content (AvgIpc) is 2.38. The normalized spacial score (nSPS) is 10.2. The molecule has 0 heterocycles. The maximum Gasteiger partial charge on any atom is 0.224 e. The highest BCUT2D eigenvalue weighted by atomic mass is 19.1. The minimum atomic E-state index is -0.376. The Morgan fingerprint density at radius 3 is 2.58 bits per heavy atom. The average molecular weight is 261 g/mol. The fourth-order valence-electron chi connectivity index (χ4n) is 1.73. The molecule has 2 nitrogen and oxygen atoms in total. The van der Waals surface area contributed by atoms with Crippen LogP contribution in [0.1, 0.15) is 11.1 Å². The number of halogens is 2. The van der Waals surface area contributed by atoms with E-state index in [1.54, 1.807) is 30.3 Å². The molecule has 0 atom stereocenters. The van der Waals surface area contributed by atoms with Gasteiger partial charge in [-0.1, -0.05) is 30.3 Å². The third kappa shape index (κ3) is 3.88. The van der Waals surface area contributed by atoms with Crippen molar-refractivity contribution in [2.45, 2.75) is 13.0 Å². The lowest BCUT2D eigenvalue weighted by molar-refractivity contribution is -0.120. The second-order valence-electron chi connectivity index (χ2n) is 4.17. The molecule has 0 unspecified atom stereocenters. The molecule has 1 amide bonds. The monoisotopic (exact) mass is 261 g/mol. The lowest BCUT2D eigenvalue weighted by atomic mass is 10.1. The third-order valence-electron chi connectivity index (χ3n) is 2.69. The van der Waals surface area contributed by atoms with Gasteiger partial charge in [-0.15, -0.1) is 0 Å². The summed E-state index contributed by atoms with van der Waals surface area (Å²) >= 11 is 0. The van der Waals surface area contributed by atoms with Crippen LogP contribution >= 0.6 is 0 Å². The van der Waals surface area contributed by atoms with Crippen molar-refractivity contribution < 1.29 is 13.6 Å². The number of amides is 1. The van der Waals surface area contributed by atoms with Crippen LogP contribution in [0.15, 0.2) is 48.5 Å². The van der Waals surface area contributed by atoms with Crippen molar-refractivity contribution in [1.82, 2.24) is 5.32 Å². The number of nitrogens with one attached hydrogen (secondary N) is 1. The molecule has 98 valence electrons. The fraction of sp³-hybridized carbons (Fsp3) is 0.133. The predicted octanol–water partition coefficient (Wildman–Crippen LogP) is 2.82. The standard InChI is InChI=1S/C15H13F2NO/c16-13-6-3-4-11(8-13)9-15(19)18-10-12-5-1-2-7-14(12)17/h1-8H,9-10H2,(H,18,19). The molecule has 0 aliphatic carbocycles. The zero-order chi connectivity index (χ0) is 13.7. The van der Waals surface area contributed by atoms with Gasteiger partial charge in [0.25, 0.3) is 0 Å². The molecule has 2 aromatic carbocycles. The van der Waals surface area contributed by atoms with Crippen molar-refractivity contribution in [1.29, 1.82) is 0 Å². The largest absolute Gasteiger partial charge is 0.352 e. The lowest BCUT2D eigenvalue weighted by Crippen LogP contribution is -2.25. The van der Waals surface area contributed by atoms with E-state index < -0.39 is 0 Å².